The van der Waals surface area contributed by atoms with Crippen LogP contribution >= 0.6 is 0 Å². The van der Waals surface area contributed by atoms with Crippen LogP contribution in [0, 0.1) is 0 Å². The standard InChI is InChI=1S/C37H28N2O/c1-22(2)33-34(39-36-30-17-6-4-14-27(30)26-13-3-5-16-29(26)35(36)38-33)24-12-9-11-23(21-24)25-18-10-19-31-28-15-7-8-20-32(28)40-37(25)31/h3-6,8-14,16-22H,7,15H2,1-2H3. The topological polar surface area (TPSA) is 38.9 Å². The SMILES string of the molecule is CC(C)c1nc2c3ccccc3c3ccccc3c2nc1-c1cccc(-c2cccc3c4c(oc23)C=CCC4)c1. The summed E-state index contributed by atoms with van der Waals surface area (Å²) < 4.78 is 6.42. The van der Waals surface area contributed by atoms with E-state index in [0.717, 1.165) is 74.1 Å². The quantitative estimate of drug-likeness (QED) is 0.219. The molecule has 0 saturated carbocycles. The molecule has 0 spiro atoms. The van der Waals surface area contributed by atoms with Gasteiger partial charge in [0, 0.05) is 32.8 Å². The van der Waals surface area contributed by atoms with E-state index in [-0.39, 0.29) is 5.92 Å². The first-order valence-electron chi connectivity index (χ1n) is 14.1. The van der Waals surface area contributed by atoms with Crippen LogP contribution in [0.3, 0.4) is 0 Å². The van der Waals surface area contributed by atoms with Crippen molar-refractivity contribution in [1.29, 1.82) is 0 Å². The fraction of sp³-hybridized carbons (Fsp3) is 0.135. The van der Waals surface area contributed by atoms with Gasteiger partial charge in [-0.25, -0.2) is 9.97 Å². The molecular formula is C37H28N2O. The fourth-order valence-electron chi connectivity index (χ4n) is 6.35. The molecule has 0 fully saturated rings. The summed E-state index contributed by atoms with van der Waals surface area (Å²) in [5.41, 5.74) is 9.46. The molecule has 1 aliphatic carbocycles. The molecule has 2 aromatic heterocycles. The van der Waals surface area contributed by atoms with E-state index in [9.17, 15) is 0 Å². The van der Waals surface area contributed by atoms with Crippen molar-refractivity contribution in [3.8, 4) is 22.4 Å². The van der Waals surface area contributed by atoms with Crippen LogP contribution in [0.1, 0.15) is 43.2 Å². The van der Waals surface area contributed by atoms with Crippen molar-refractivity contribution in [1.82, 2.24) is 9.97 Å². The van der Waals surface area contributed by atoms with Crippen molar-refractivity contribution in [2.75, 3.05) is 0 Å². The molecule has 8 rings (SSSR count). The number of hydrogen-bond acceptors (Lipinski definition) is 3. The molecule has 0 aliphatic heterocycles. The van der Waals surface area contributed by atoms with Crippen LogP contribution in [0.4, 0.5) is 0 Å². The molecular weight excluding hydrogens is 488 g/mol. The Hall–Kier alpha value is -4.76. The second kappa shape index (κ2) is 8.89. The van der Waals surface area contributed by atoms with E-state index in [1.54, 1.807) is 0 Å². The van der Waals surface area contributed by atoms with Crippen LogP contribution in [0.2, 0.25) is 0 Å². The summed E-state index contributed by atoms with van der Waals surface area (Å²) in [6.07, 6.45) is 6.40. The molecule has 0 bridgehead atoms. The first-order chi connectivity index (χ1) is 19.7. The smallest absolute Gasteiger partial charge is 0.142 e. The van der Waals surface area contributed by atoms with Gasteiger partial charge in [-0.1, -0.05) is 105 Å². The summed E-state index contributed by atoms with van der Waals surface area (Å²) in [6, 6.07) is 32.3. The Bertz CT molecular complexity index is 2150. The van der Waals surface area contributed by atoms with Crippen molar-refractivity contribution in [3.63, 3.8) is 0 Å². The fourth-order valence-corrected chi connectivity index (χ4v) is 6.35. The number of aryl methyl sites for hydroxylation is 1. The third kappa shape index (κ3) is 3.44. The van der Waals surface area contributed by atoms with Gasteiger partial charge in [0.2, 0.25) is 0 Å². The zero-order valence-electron chi connectivity index (χ0n) is 22.6. The van der Waals surface area contributed by atoms with E-state index in [2.05, 4.69) is 117 Å². The molecule has 0 radical (unpaired) electrons. The monoisotopic (exact) mass is 516 g/mol. The van der Waals surface area contributed by atoms with Crippen molar-refractivity contribution >= 4 is 49.6 Å². The Balaban J connectivity index is 1.38. The Labute approximate surface area is 232 Å². The average molecular weight is 517 g/mol. The van der Waals surface area contributed by atoms with Gasteiger partial charge < -0.3 is 4.42 Å². The van der Waals surface area contributed by atoms with Gasteiger partial charge in [0.15, 0.2) is 0 Å². The maximum Gasteiger partial charge on any atom is 0.142 e. The highest BCUT2D eigenvalue weighted by Crippen LogP contribution is 2.40. The van der Waals surface area contributed by atoms with Crippen molar-refractivity contribution in [2.45, 2.75) is 32.6 Å². The highest BCUT2D eigenvalue weighted by molar-refractivity contribution is 6.23. The minimum Gasteiger partial charge on any atom is -0.456 e. The van der Waals surface area contributed by atoms with Crippen molar-refractivity contribution in [2.24, 2.45) is 0 Å². The highest BCUT2D eigenvalue weighted by atomic mass is 16.3. The number of furan rings is 1. The summed E-state index contributed by atoms with van der Waals surface area (Å²) in [6.45, 7) is 4.40. The summed E-state index contributed by atoms with van der Waals surface area (Å²) in [4.78, 5) is 10.7. The number of rotatable bonds is 3. The molecule has 192 valence electrons. The maximum absolute atomic E-state index is 6.42. The van der Waals surface area contributed by atoms with E-state index >= 15 is 0 Å². The number of aromatic nitrogens is 2. The molecule has 0 unspecified atom stereocenters. The maximum atomic E-state index is 6.42. The molecule has 5 aromatic carbocycles. The molecule has 3 nitrogen and oxygen atoms in total. The lowest BCUT2D eigenvalue weighted by Crippen LogP contribution is -2.02. The van der Waals surface area contributed by atoms with E-state index in [4.69, 9.17) is 14.4 Å². The normalized spacial score (nSPS) is 13.2. The number of allylic oxidation sites excluding steroid dienone is 1. The lowest BCUT2D eigenvalue weighted by molar-refractivity contribution is 0.596. The van der Waals surface area contributed by atoms with Crippen LogP contribution in [-0.2, 0) is 6.42 Å². The third-order valence-electron chi connectivity index (χ3n) is 8.25. The first kappa shape index (κ1) is 23.2. The Kier molecular flexibility index (Phi) is 5.15. The van der Waals surface area contributed by atoms with Gasteiger partial charge >= 0.3 is 0 Å². The van der Waals surface area contributed by atoms with E-state index in [0.29, 0.717) is 0 Å². The van der Waals surface area contributed by atoms with Crippen molar-refractivity contribution in [3.05, 3.63) is 114 Å². The van der Waals surface area contributed by atoms with E-state index in [1.165, 1.54) is 21.7 Å². The van der Waals surface area contributed by atoms with Crippen LogP contribution in [-0.4, -0.2) is 9.97 Å². The van der Waals surface area contributed by atoms with Gasteiger partial charge in [-0.15, -0.1) is 0 Å². The minimum atomic E-state index is 0.216. The number of fused-ring (bicyclic) bond motifs is 9. The van der Waals surface area contributed by atoms with E-state index < -0.39 is 0 Å². The molecule has 3 heteroatoms. The van der Waals surface area contributed by atoms with Crippen LogP contribution in [0.25, 0.3) is 72.0 Å². The number of hydrogen-bond donors (Lipinski definition) is 0. The molecule has 0 atom stereocenters. The van der Waals surface area contributed by atoms with E-state index in [1.807, 2.05) is 0 Å². The first-order valence-corrected chi connectivity index (χ1v) is 14.1. The van der Waals surface area contributed by atoms with Gasteiger partial charge in [0.25, 0.3) is 0 Å². The molecule has 2 heterocycles. The molecule has 40 heavy (non-hydrogen) atoms. The van der Waals surface area contributed by atoms with Gasteiger partial charge in [-0.3, -0.25) is 0 Å². The van der Waals surface area contributed by atoms with Gasteiger partial charge in [0.1, 0.15) is 11.3 Å². The lowest BCUT2D eigenvalue weighted by Gasteiger charge is -2.16. The molecule has 7 aromatic rings. The summed E-state index contributed by atoms with van der Waals surface area (Å²) in [7, 11) is 0. The highest BCUT2D eigenvalue weighted by Gasteiger charge is 2.20. The summed E-state index contributed by atoms with van der Waals surface area (Å²) in [5, 5.41) is 5.92. The van der Waals surface area contributed by atoms with Gasteiger partial charge in [-0.2, -0.15) is 0 Å². The second-order valence-electron chi connectivity index (χ2n) is 11.0. The second-order valence-corrected chi connectivity index (χ2v) is 11.0. The number of benzene rings is 5. The van der Waals surface area contributed by atoms with Crippen LogP contribution < -0.4 is 0 Å². The number of nitrogens with zero attached hydrogens (tertiary/aromatic N) is 2. The van der Waals surface area contributed by atoms with Gasteiger partial charge in [-0.05, 0) is 47.2 Å². The van der Waals surface area contributed by atoms with Crippen LogP contribution in [0.5, 0.6) is 0 Å². The summed E-state index contributed by atoms with van der Waals surface area (Å²) in [5.74, 6) is 1.21. The largest absolute Gasteiger partial charge is 0.456 e. The Morgan fingerprint density at radius 2 is 1.32 bits per heavy atom. The molecule has 0 N–H and O–H groups in total. The Morgan fingerprint density at radius 1 is 0.675 bits per heavy atom. The zero-order valence-corrected chi connectivity index (χ0v) is 22.6. The minimum absolute atomic E-state index is 0.216. The zero-order chi connectivity index (χ0) is 26.8. The van der Waals surface area contributed by atoms with Gasteiger partial charge in [0.05, 0.1) is 22.4 Å². The summed E-state index contributed by atoms with van der Waals surface area (Å²) >= 11 is 0. The molecule has 0 amide bonds. The molecule has 0 saturated heterocycles. The predicted octanol–water partition coefficient (Wildman–Crippen LogP) is 10.1. The Morgan fingerprint density at radius 3 is 2.08 bits per heavy atom. The third-order valence-corrected chi connectivity index (χ3v) is 8.25. The predicted molar refractivity (Wildman–Crippen MR) is 167 cm³/mol. The molecule has 1 aliphatic rings. The van der Waals surface area contributed by atoms with Crippen LogP contribution in [0.15, 0.2) is 101 Å². The van der Waals surface area contributed by atoms with Crippen molar-refractivity contribution < 1.29 is 4.42 Å². The average Bonchev–Trinajstić information content (AvgIpc) is 3.39. The lowest BCUT2D eigenvalue weighted by atomic mass is 9.95. The number of para-hydroxylation sites is 1.